The molecule has 1 heterocycles. The third-order valence-corrected chi connectivity index (χ3v) is 4.07. The van der Waals surface area contributed by atoms with Gasteiger partial charge in [0, 0.05) is 25.7 Å². The summed E-state index contributed by atoms with van der Waals surface area (Å²) in [6, 6.07) is 6.10. The number of methoxy groups -OCH3 is 1. The largest absolute Gasteiger partial charge is 0.493 e. The average Bonchev–Trinajstić information content (AvgIpc) is 3.02. The lowest BCUT2D eigenvalue weighted by molar-refractivity contribution is 0.248. The Morgan fingerprint density at radius 3 is 2.72 bits per heavy atom. The molecule has 0 unspecified atom stereocenters. The van der Waals surface area contributed by atoms with Crippen molar-refractivity contribution in [2.24, 2.45) is 7.05 Å². The number of para-hydroxylation sites is 1. The lowest BCUT2D eigenvalue weighted by Crippen LogP contribution is -2.24. The van der Waals surface area contributed by atoms with E-state index in [-0.39, 0.29) is 6.04 Å². The van der Waals surface area contributed by atoms with E-state index in [2.05, 4.69) is 33.3 Å². The minimum atomic E-state index is 0.133. The summed E-state index contributed by atoms with van der Waals surface area (Å²) in [5.74, 6) is 2.48. The van der Waals surface area contributed by atoms with Gasteiger partial charge in [0.05, 0.1) is 13.2 Å². The molecular weight excluding hydrogens is 318 g/mol. The fourth-order valence-electron chi connectivity index (χ4n) is 2.63. The Kier molecular flexibility index (Phi) is 7.21. The molecule has 0 amide bonds. The average molecular weight is 347 g/mol. The van der Waals surface area contributed by atoms with Gasteiger partial charge in [0.25, 0.3) is 0 Å². The van der Waals surface area contributed by atoms with Crippen molar-refractivity contribution in [2.45, 2.75) is 25.9 Å². The zero-order valence-electron chi connectivity index (χ0n) is 15.8. The minimum Gasteiger partial charge on any atom is -0.493 e. The van der Waals surface area contributed by atoms with E-state index in [4.69, 9.17) is 9.47 Å². The van der Waals surface area contributed by atoms with Gasteiger partial charge in [0.2, 0.25) is 0 Å². The summed E-state index contributed by atoms with van der Waals surface area (Å²) in [5, 5.41) is 7.71. The number of hydrogen-bond acceptors (Lipinski definition) is 6. The second-order valence-corrected chi connectivity index (χ2v) is 6.18. The maximum absolute atomic E-state index is 6.01. The van der Waals surface area contributed by atoms with Crippen LogP contribution in [-0.4, -0.2) is 54.0 Å². The van der Waals surface area contributed by atoms with Gasteiger partial charge in [-0.2, -0.15) is 5.10 Å². The number of nitrogens with one attached hydrogen (secondary N) is 1. The zero-order chi connectivity index (χ0) is 18.2. The molecule has 7 nitrogen and oxygen atoms in total. The van der Waals surface area contributed by atoms with Gasteiger partial charge in [-0.25, -0.2) is 4.98 Å². The molecular formula is C18H29N5O2. The van der Waals surface area contributed by atoms with Gasteiger partial charge in [-0.3, -0.25) is 4.68 Å². The molecule has 1 aromatic carbocycles. The number of ether oxygens (including phenoxy) is 2. The van der Waals surface area contributed by atoms with Crippen molar-refractivity contribution in [1.29, 1.82) is 0 Å². The standard InChI is InChI=1S/C18H29N5O2/c1-6-15(18-20-13-21-23(18)4)19-12-14-8-7-9-16(24-5)17(14)25-11-10-22(2)3/h7-9,13,15,19H,6,10-12H2,1-5H3/t15-/m1/s1. The van der Waals surface area contributed by atoms with Crippen LogP contribution in [0.5, 0.6) is 11.5 Å². The number of aryl methyl sites for hydroxylation is 1. The third kappa shape index (κ3) is 5.17. The zero-order valence-corrected chi connectivity index (χ0v) is 15.8. The quantitative estimate of drug-likeness (QED) is 0.709. The lowest BCUT2D eigenvalue weighted by atomic mass is 10.1. The van der Waals surface area contributed by atoms with Crippen LogP contribution in [0.4, 0.5) is 0 Å². The molecule has 0 spiro atoms. The first-order valence-electron chi connectivity index (χ1n) is 8.57. The fraction of sp³-hybridized carbons (Fsp3) is 0.556. The Morgan fingerprint density at radius 2 is 2.12 bits per heavy atom. The number of nitrogens with zero attached hydrogens (tertiary/aromatic N) is 4. The molecule has 0 radical (unpaired) electrons. The molecule has 1 aromatic heterocycles. The molecule has 0 aliphatic rings. The van der Waals surface area contributed by atoms with E-state index in [0.717, 1.165) is 35.9 Å². The predicted molar refractivity (Wildman–Crippen MR) is 97.9 cm³/mol. The van der Waals surface area contributed by atoms with Crippen molar-refractivity contribution < 1.29 is 9.47 Å². The van der Waals surface area contributed by atoms with E-state index in [1.54, 1.807) is 18.1 Å². The molecule has 2 rings (SSSR count). The van der Waals surface area contributed by atoms with Crippen molar-refractivity contribution >= 4 is 0 Å². The molecule has 0 fully saturated rings. The number of rotatable bonds is 10. The molecule has 0 saturated heterocycles. The van der Waals surface area contributed by atoms with E-state index < -0.39 is 0 Å². The van der Waals surface area contributed by atoms with Gasteiger partial charge in [-0.05, 0) is 26.6 Å². The van der Waals surface area contributed by atoms with Gasteiger partial charge in [-0.15, -0.1) is 0 Å². The third-order valence-electron chi connectivity index (χ3n) is 4.07. The van der Waals surface area contributed by atoms with Crippen LogP contribution in [0, 0.1) is 0 Å². The molecule has 0 saturated carbocycles. The van der Waals surface area contributed by atoms with Crippen LogP contribution in [0.25, 0.3) is 0 Å². The molecule has 0 aliphatic heterocycles. The second-order valence-electron chi connectivity index (χ2n) is 6.18. The van der Waals surface area contributed by atoms with Crippen LogP contribution in [-0.2, 0) is 13.6 Å². The van der Waals surface area contributed by atoms with Crippen molar-refractivity contribution in [3.05, 3.63) is 35.9 Å². The van der Waals surface area contributed by atoms with Crippen LogP contribution in [0.1, 0.15) is 30.8 Å². The van der Waals surface area contributed by atoms with Crippen molar-refractivity contribution in [3.63, 3.8) is 0 Å². The first kappa shape index (κ1) is 19.2. The van der Waals surface area contributed by atoms with Crippen molar-refractivity contribution in [3.8, 4) is 11.5 Å². The first-order valence-corrected chi connectivity index (χ1v) is 8.57. The Bertz CT molecular complexity index is 657. The minimum absolute atomic E-state index is 0.133. The summed E-state index contributed by atoms with van der Waals surface area (Å²) in [7, 11) is 7.63. The van der Waals surface area contributed by atoms with Gasteiger partial charge in [0.15, 0.2) is 11.5 Å². The Hall–Kier alpha value is -2.12. The van der Waals surface area contributed by atoms with Crippen molar-refractivity contribution in [2.75, 3.05) is 34.4 Å². The molecule has 1 N–H and O–H groups in total. The van der Waals surface area contributed by atoms with Crippen LogP contribution >= 0.6 is 0 Å². The van der Waals surface area contributed by atoms with Gasteiger partial charge < -0.3 is 19.7 Å². The Balaban J connectivity index is 2.10. The van der Waals surface area contributed by atoms with E-state index in [9.17, 15) is 0 Å². The predicted octanol–water partition coefficient (Wildman–Crippen LogP) is 2.00. The smallest absolute Gasteiger partial charge is 0.165 e. The highest BCUT2D eigenvalue weighted by molar-refractivity contribution is 5.46. The normalized spacial score (nSPS) is 12.4. The van der Waals surface area contributed by atoms with Gasteiger partial charge in [-0.1, -0.05) is 19.1 Å². The summed E-state index contributed by atoms with van der Waals surface area (Å²) in [4.78, 5) is 6.44. The highest BCUT2D eigenvalue weighted by Crippen LogP contribution is 2.31. The first-order chi connectivity index (χ1) is 12.1. The van der Waals surface area contributed by atoms with Gasteiger partial charge in [0.1, 0.15) is 18.8 Å². The lowest BCUT2D eigenvalue weighted by Gasteiger charge is -2.19. The summed E-state index contributed by atoms with van der Waals surface area (Å²) in [6.45, 7) is 4.26. The highest BCUT2D eigenvalue weighted by atomic mass is 16.5. The molecule has 0 bridgehead atoms. The maximum Gasteiger partial charge on any atom is 0.165 e. The maximum atomic E-state index is 6.01. The molecule has 25 heavy (non-hydrogen) atoms. The highest BCUT2D eigenvalue weighted by Gasteiger charge is 2.16. The molecule has 2 aromatic rings. The van der Waals surface area contributed by atoms with E-state index >= 15 is 0 Å². The summed E-state index contributed by atoms with van der Waals surface area (Å²) < 4.78 is 13.3. The second kappa shape index (κ2) is 9.39. The molecule has 138 valence electrons. The van der Waals surface area contributed by atoms with Crippen LogP contribution < -0.4 is 14.8 Å². The van der Waals surface area contributed by atoms with Crippen LogP contribution in [0.15, 0.2) is 24.5 Å². The monoisotopic (exact) mass is 347 g/mol. The van der Waals surface area contributed by atoms with Crippen LogP contribution in [0.2, 0.25) is 0 Å². The van der Waals surface area contributed by atoms with E-state index in [1.165, 1.54) is 0 Å². The Labute approximate surface area is 150 Å². The molecule has 7 heteroatoms. The van der Waals surface area contributed by atoms with Gasteiger partial charge >= 0.3 is 0 Å². The van der Waals surface area contributed by atoms with Crippen molar-refractivity contribution in [1.82, 2.24) is 25.0 Å². The van der Waals surface area contributed by atoms with Crippen LogP contribution in [0.3, 0.4) is 0 Å². The summed E-state index contributed by atoms with van der Waals surface area (Å²) >= 11 is 0. The molecule has 1 atom stereocenters. The summed E-state index contributed by atoms with van der Waals surface area (Å²) in [6.07, 6.45) is 2.51. The molecule has 0 aliphatic carbocycles. The summed E-state index contributed by atoms with van der Waals surface area (Å²) in [5.41, 5.74) is 1.07. The fourth-order valence-corrected chi connectivity index (χ4v) is 2.63. The van der Waals surface area contributed by atoms with E-state index in [0.29, 0.717) is 13.2 Å². The van der Waals surface area contributed by atoms with E-state index in [1.807, 2.05) is 33.3 Å². The Morgan fingerprint density at radius 1 is 1.32 bits per heavy atom. The number of benzene rings is 1. The SMILES string of the molecule is CC[C@@H](NCc1cccc(OC)c1OCCN(C)C)c1ncnn1C. The topological polar surface area (TPSA) is 64.4 Å². The number of aromatic nitrogens is 3. The number of likely N-dealkylation sites (N-methyl/N-ethyl adjacent to an activating group) is 1. The number of hydrogen-bond donors (Lipinski definition) is 1.